The second-order valence-corrected chi connectivity index (χ2v) is 4.23. The molecule has 0 unspecified atom stereocenters. The largest absolute Gasteiger partial charge is 0.497 e. The van der Waals surface area contributed by atoms with Crippen LogP contribution in [0.2, 0.25) is 0 Å². The Hall–Kier alpha value is -2.54. The van der Waals surface area contributed by atoms with E-state index in [-0.39, 0.29) is 0 Å². The predicted octanol–water partition coefficient (Wildman–Crippen LogP) is 2.88. The number of pyridine rings is 1. The first-order chi connectivity index (χ1) is 9.21. The van der Waals surface area contributed by atoms with Gasteiger partial charge in [0, 0.05) is 6.54 Å². The number of nitriles is 1. The first-order valence-corrected chi connectivity index (χ1v) is 5.97. The average molecular weight is 253 g/mol. The molecule has 1 heterocycles. The van der Waals surface area contributed by atoms with Crippen molar-refractivity contribution in [2.45, 2.75) is 13.5 Å². The zero-order valence-corrected chi connectivity index (χ0v) is 11.0. The highest BCUT2D eigenvalue weighted by atomic mass is 16.5. The van der Waals surface area contributed by atoms with Crippen LogP contribution in [0.25, 0.3) is 0 Å². The van der Waals surface area contributed by atoms with Gasteiger partial charge in [0.05, 0.1) is 7.11 Å². The van der Waals surface area contributed by atoms with Crippen molar-refractivity contribution in [1.29, 1.82) is 5.26 Å². The molecule has 0 spiro atoms. The van der Waals surface area contributed by atoms with E-state index in [0.717, 1.165) is 16.9 Å². The fourth-order valence-electron chi connectivity index (χ4n) is 1.75. The number of ether oxygens (including phenoxy) is 1. The molecule has 0 aliphatic rings. The van der Waals surface area contributed by atoms with Gasteiger partial charge in [-0.15, -0.1) is 0 Å². The minimum Gasteiger partial charge on any atom is -0.497 e. The van der Waals surface area contributed by atoms with Crippen LogP contribution in [0, 0.1) is 18.3 Å². The first-order valence-electron chi connectivity index (χ1n) is 5.97. The molecule has 0 aliphatic heterocycles. The van der Waals surface area contributed by atoms with Gasteiger partial charge in [0.1, 0.15) is 23.3 Å². The van der Waals surface area contributed by atoms with Gasteiger partial charge in [-0.05, 0) is 42.3 Å². The first kappa shape index (κ1) is 12.9. The lowest BCUT2D eigenvalue weighted by Gasteiger charge is -2.07. The van der Waals surface area contributed by atoms with Crippen molar-refractivity contribution in [3.05, 3.63) is 53.2 Å². The lowest BCUT2D eigenvalue weighted by molar-refractivity contribution is 0.414. The molecule has 0 saturated carbocycles. The normalized spacial score (nSPS) is 9.74. The predicted molar refractivity (Wildman–Crippen MR) is 74.0 cm³/mol. The van der Waals surface area contributed by atoms with Crippen LogP contribution in [-0.2, 0) is 6.54 Å². The number of aryl methyl sites for hydroxylation is 1. The van der Waals surface area contributed by atoms with E-state index in [2.05, 4.69) is 16.4 Å². The smallest absolute Gasteiger partial charge is 0.143 e. The lowest BCUT2D eigenvalue weighted by Crippen LogP contribution is -2.02. The number of benzene rings is 1. The minimum atomic E-state index is 0.428. The standard InChI is InChI=1S/C15H15N3O/c1-11-7-13(9-16)18-15(8-11)17-10-12-3-5-14(19-2)6-4-12/h3-8H,10H2,1-2H3,(H,17,18). The summed E-state index contributed by atoms with van der Waals surface area (Å²) in [6.07, 6.45) is 0. The van der Waals surface area contributed by atoms with Crippen LogP contribution < -0.4 is 10.1 Å². The molecule has 0 bridgehead atoms. The van der Waals surface area contributed by atoms with E-state index >= 15 is 0 Å². The maximum absolute atomic E-state index is 8.88. The van der Waals surface area contributed by atoms with E-state index in [9.17, 15) is 0 Å². The molecule has 2 rings (SSSR count). The topological polar surface area (TPSA) is 57.9 Å². The SMILES string of the molecule is COc1ccc(CNc2cc(C)cc(C#N)n2)cc1. The molecule has 2 aromatic rings. The average Bonchev–Trinajstić information content (AvgIpc) is 2.45. The molecule has 0 amide bonds. The van der Waals surface area contributed by atoms with Crippen molar-refractivity contribution in [3.8, 4) is 11.8 Å². The zero-order valence-electron chi connectivity index (χ0n) is 11.0. The fraction of sp³-hybridized carbons (Fsp3) is 0.200. The maximum atomic E-state index is 8.88. The Morgan fingerprint density at radius 2 is 2.00 bits per heavy atom. The van der Waals surface area contributed by atoms with Crippen molar-refractivity contribution >= 4 is 5.82 Å². The fourth-order valence-corrected chi connectivity index (χ4v) is 1.75. The van der Waals surface area contributed by atoms with E-state index in [1.54, 1.807) is 13.2 Å². The van der Waals surface area contributed by atoms with Gasteiger partial charge in [-0.3, -0.25) is 0 Å². The van der Waals surface area contributed by atoms with Crippen LogP contribution in [0.15, 0.2) is 36.4 Å². The molecule has 1 aromatic heterocycles. The summed E-state index contributed by atoms with van der Waals surface area (Å²) in [5.74, 6) is 1.55. The van der Waals surface area contributed by atoms with Gasteiger partial charge in [-0.25, -0.2) is 4.98 Å². The van der Waals surface area contributed by atoms with Gasteiger partial charge in [0.15, 0.2) is 0 Å². The van der Waals surface area contributed by atoms with Gasteiger partial charge < -0.3 is 10.1 Å². The summed E-state index contributed by atoms with van der Waals surface area (Å²) in [6.45, 7) is 2.60. The molecular weight excluding hydrogens is 238 g/mol. The quantitative estimate of drug-likeness (QED) is 0.910. The Morgan fingerprint density at radius 3 is 2.63 bits per heavy atom. The van der Waals surface area contributed by atoms with Gasteiger partial charge in [-0.2, -0.15) is 5.26 Å². The number of methoxy groups -OCH3 is 1. The Balaban J connectivity index is 2.05. The van der Waals surface area contributed by atoms with E-state index in [1.807, 2.05) is 37.3 Å². The third-order valence-corrected chi connectivity index (χ3v) is 2.72. The third kappa shape index (κ3) is 3.46. The van der Waals surface area contributed by atoms with E-state index in [4.69, 9.17) is 10.00 Å². The molecule has 0 aliphatic carbocycles. The van der Waals surface area contributed by atoms with Gasteiger partial charge in [0.2, 0.25) is 0 Å². The van der Waals surface area contributed by atoms with Crippen LogP contribution in [0.1, 0.15) is 16.8 Å². The number of nitrogens with one attached hydrogen (secondary N) is 1. The molecule has 19 heavy (non-hydrogen) atoms. The highest BCUT2D eigenvalue weighted by Gasteiger charge is 2.00. The van der Waals surface area contributed by atoms with Crippen molar-refractivity contribution in [1.82, 2.24) is 4.98 Å². The van der Waals surface area contributed by atoms with Gasteiger partial charge >= 0.3 is 0 Å². The number of aromatic nitrogens is 1. The monoisotopic (exact) mass is 253 g/mol. The number of hydrogen-bond donors (Lipinski definition) is 1. The number of rotatable bonds is 4. The second kappa shape index (κ2) is 5.87. The summed E-state index contributed by atoms with van der Waals surface area (Å²) in [6, 6.07) is 13.6. The Kier molecular flexibility index (Phi) is 3.99. The third-order valence-electron chi connectivity index (χ3n) is 2.72. The van der Waals surface area contributed by atoms with Crippen LogP contribution >= 0.6 is 0 Å². The summed E-state index contributed by atoms with van der Waals surface area (Å²) in [4.78, 5) is 4.20. The van der Waals surface area contributed by atoms with Crippen LogP contribution in [-0.4, -0.2) is 12.1 Å². The second-order valence-electron chi connectivity index (χ2n) is 4.23. The Labute approximate surface area is 112 Å². The molecular formula is C15H15N3O. The molecule has 4 heteroatoms. The molecule has 4 nitrogen and oxygen atoms in total. The van der Waals surface area contributed by atoms with E-state index in [0.29, 0.717) is 18.1 Å². The molecule has 1 N–H and O–H groups in total. The van der Waals surface area contributed by atoms with Crippen molar-refractivity contribution in [3.63, 3.8) is 0 Å². The summed E-state index contributed by atoms with van der Waals surface area (Å²) in [5, 5.41) is 12.1. The number of hydrogen-bond acceptors (Lipinski definition) is 4. The Bertz CT molecular complexity index is 600. The lowest BCUT2D eigenvalue weighted by atomic mass is 10.2. The van der Waals surface area contributed by atoms with E-state index in [1.165, 1.54) is 0 Å². The molecule has 1 aromatic carbocycles. The summed E-state index contributed by atoms with van der Waals surface area (Å²) >= 11 is 0. The van der Waals surface area contributed by atoms with Gasteiger partial charge in [-0.1, -0.05) is 12.1 Å². The maximum Gasteiger partial charge on any atom is 0.143 e. The zero-order chi connectivity index (χ0) is 13.7. The summed E-state index contributed by atoms with van der Waals surface area (Å²) < 4.78 is 5.11. The summed E-state index contributed by atoms with van der Waals surface area (Å²) in [5.41, 5.74) is 2.57. The molecule has 0 saturated heterocycles. The molecule has 0 fully saturated rings. The van der Waals surface area contributed by atoms with Gasteiger partial charge in [0.25, 0.3) is 0 Å². The van der Waals surface area contributed by atoms with Crippen molar-refractivity contribution < 1.29 is 4.74 Å². The summed E-state index contributed by atoms with van der Waals surface area (Å²) in [7, 11) is 1.65. The van der Waals surface area contributed by atoms with Crippen LogP contribution in [0.3, 0.4) is 0 Å². The minimum absolute atomic E-state index is 0.428. The van der Waals surface area contributed by atoms with E-state index < -0.39 is 0 Å². The van der Waals surface area contributed by atoms with Crippen LogP contribution in [0.5, 0.6) is 5.75 Å². The highest BCUT2D eigenvalue weighted by molar-refractivity contribution is 5.43. The Morgan fingerprint density at radius 1 is 1.26 bits per heavy atom. The van der Waals surface area contributed by atoms with Crippen molar-refractivity contribution in [2.75, 3.05) is 12.4 Å². The number of anilines is 1. The molecule has 96 valence electrons. The number of nitrogens with zero attached hydrogens (tertiary/aromatic N) is 2. The highest BCUT2D eigenvalue weighted by Crippen LogP contribution is 2.14. The van der Waals surface area contributed by atoms with Crippen molar-refractivity contribution in [2.24, 2.45) is 0 Å². The molecule has 0 atom stereocenters. The van der Waals surface area contributed by atoms with Crippen LogP contribution in [0.4, 0.5) is 5.82 Å². The molecule has 0 radical (unpaired) electrons.